The molecule has 0 spiro atoms. The monoisotopic (exact) mass is 298 g/mol. The Balaban J connectivity index is 1.99. The van der Waals surface area contributed by atoms with Crippen LogP contribution >= 0.6 is 23.4 Å². The Kier molecular flexibility index (Phi) is 5.55. The second-order valence-electron chi connectivity index (χ2n) is 4.89. The number of nitrogens with two attached hydrogens (primary N) is 1. The van der Waals surface area contributed by atoms with E-state index in [-0.39, 0.29) is 5.91 Å². The number of primary amides is 1. The summed E-state index contributed by atoms with van der Waals surface area (Å²) in [5.74, 6) is 2.21. The third-order valence-electron chi connectivity index (χ3n) is 3.48. The summed E-state index contributed by atoms with van der Waals surface area (Å²) in [7, 11) is 0. The van der Waals surface area contributed by atoms with Crippen LogP contribution < -0.4 is 11.1 Å². The summed E-state index contributed by atoms with van der Waals surface area (Å²) in [5.41, 5.74) is 6.52. The van der Waals surface area contributed by atoms with Gasteiger partial charge in [-0.25, -0.2) is 0 Å². The Morgan fingerprint density at radius 2 is 2.16 bits per heavy atom. The Morgan fingerprint density at radius 3 is 2.84 bits per heavy atom. The molecule has 19 heavy (non-hydrogen) atoms. The number of amides is 1. The maximum absolute atomic E-state index is 10.8. The van der Waals surface area contributed by atoms with Crippen LogP contribution in [-0.2, 0) is 4.79 Å². The summed E-state index contributed by atoms with van der Waals surface area (Å²) in [4.78, 5) is 10.8. The lowest BCUT2D eigenvalue weighted by Crippen LogP contribution is -2.37. The number of hydrogen-bond donors (Lipinski definition) is 2. The van der Waals surface area contributed by atoms with Crippen LogP contribution in [-0.4, -0.2) is 30.5 Å². The number of carbonyl (C=O) groups is 1. The van der Waals surface area contributed by atoms with E-state index in [1.165, 1.54) is 5.56 Å². The fraction of sp³-hybridized carbons (Fsp3) is 0.500. The van der Waals surface area contributed by atoms with Crippen LogP contribution in [0.25, 0.3) is 0 Å². The number of hydrogen-bond acceptors (Lipinski definition) is 3. The van der Waals surface area contributed by atoms with Crippen molar-refractivity contribution < 1.29 is 4.79 Å². The van der Waals surface area contributed by atoms with Crippen molar-refractivity contribution in [3.05, 3.63) is 34.9 Å². The van der Waals surface area contributed by atoms with E-state index in [2.05, 4.69) is 17.4 Å². The summed E-state index contributed by atoms with van der Waals surface area (Å²) in [5, 5.41) is 4.20. The van der Waals surface area contributed by atoms with Crippen LogP contribution in [0.1, 0.15) is 17.9 Å². The van der Waals surface area contributed by atoms with Gasteiger partial charge in [-0.3, -0.25) is 4.79 Å². The number of nitrogens with one attached hydrogen (secondary N) is 1. The zero-order chi connectivity index (χ0) is 13.7. The molecule has 1 aliphatic rings. The lowest BCUT2D eigenvalue weighted by molar-refractivity contribution is -0.115. The first-order valence-electron chi connectivity index (χ1n) is 6.49. The van der Waals surface area contributed by atoms with Crippen LogP contribution in [0, 0.1) is 5.92 Å². The van der Waals surface area contributed by atoms with Crippen molar-refractivity contribution in [1.29, 1.82) is 0 Å². The van der Waals surface area contributed by atoms with Gasteiger partial charge in [-0.2, -0.15) is 11.8 Å². The van der Waals surface area contributed by atoms with Gasteiger partial charge in [0.2, 0.25) is 5.91 Å². The molecule has 3 N–H and O–H groups in total. The van der Waals surface area contributed by atoms with Crippen LogP contribution in [0.5, 0.6) is 0 Å². The Hall–Kier alpha value is -0.710. The SMILES string of the molecule is NC(=O)CSC[C@H]1CNCC[C@@H]1c1ccc(Cl)cc1. The summed E-state index contributed by atoms with van der Waals surface area (Å²) in [6.07, 6.45) is 1.13. The van der Waals surface area contributed by atoms with Crippen molar-refractivity contribution in [2.24, 2.45) is 11.7 Å². The minimum atomic E-state index is -0.239. The highest BCUT2D eigenvalue weighted by molar-refractivity contribution is 7.99. The highest BCUT2D eigenvalue weighted by Gasteiger charge is 2.26. The lowest BCUT2D eigenvalue weighted by Gasteiger charge is -2.32. The van der Waals surface area contributed by atoms with Gasteiger partial charge in [-0.15, -0.1) is 0 Å². The zero-order valence-corrected chi connectivity index (χ0v) is 12.3. The summed E-state index contributed by atoms with van der Waals surface area (Å²) < 4.78 is 0. The molecule has 104 valence electrons. The molecular formula is C14H19ClN2OS. The zero-order valence-electron chi connectivity index (χ0n) is 10.8. The van der Waals surface area contributed by atoms with Crippen LogP contribution in [0.15, 0.2) is 24.3 Å². The van der Waals surface area contributed by atoms with E-state index in [9.17, 15) is 4.79 Å². The average molecular weight is 299 g/mol. The van der Waals surface area contributed by atoms with E-state index in [1.54, 1.807) is 11.8 Å². The van der Waals surface area contributed by atoms with Crippen molar-refractivity contribution in [3.63, 3.8) is 0 Å². The van der Waals surface area contributed by atoms with E-state index in [0.717, 1.165) is 30.3 Å². The second-order valence-corrected chi connectivity index (χ2v) is 6.36. The third-order valence-corrected chi connectivity index (χ3v) is 4.89. The predicted octanol–water partition coefficient (Wildman–Crippen LogP) is 2.25. The van der Waals surface area contributed by atoms with Gasteiger partial charge in [0, 0.05) is 5.02 Å². The molecule has 1 aromatic carbocycles. The first-order chi connectivity index (χ1) is 9.16. The van der Waals surface area contributed by atoms with E-state index in [0.29, 0.717) is 17.6 Å². The van der Waals surface area contributed by atoms with Crippen LogP contribution in [0.3, 0.4) is 0 Å². The Bertz CT molecular complexity index is 424. The summed E-state index contributed by atoms with van der Waals surface area (Å²) in [6.45, 7) is 2.04. The molecule has 0 unspecified atom stereocenters. The van der Waals surface area contributed by atoms with E-state index in [1.807, 2.05) is 12.1 Å². The number of piperidine rings is 1. The van der Waals surface area contributed by atoms with Crippen molar-refractivity contribution in [2.75, 3.05) is 24.6 Å². The van der Waals surface area contributed by atoms with Crippen molar-refractivity contribution in [1.82, 2.24) is 5.32 Å². The maximum atomic E-state index is 10.8. The molecule has 1 fully saturated rings. The van der Waals surface area contributed by atoms with E-state index >= 15 is 0 Å². The molecule has 0 aromatic heterocycles. The molecule has 3 nitrogen and oxygen atoms in total. The maximum Gasteiger partial charge on any atom is 0.227 e. The smallest absolute Gasteiger partial charge is 0.227 e. The molecule has 1 amide bonds. The summed E-state index contributed by atoms with van der Waals surface area (Å²) in [6, 6.07) is 8.13. The fourth-order valence-electron chi connectivity index (χ4n) is 2.56. The van der Waals surface area contributed by atoms with Gasteiger partial charge in [-0.05, 0) is 54.8 Å². The number of carbonyl (C=O) groups excluding carboxylic acids is 1. The largest absolute Gasteiger partial charge is 0.369 e. The molecule has 2 atom stereocenters. The van der Waals surface area contributed by atoms with Crippen molar-refractivity contribution >= 4 is 29.3 Å². The average Bonchev–Trinajstić information content (AvgIpc) is 2.40. The molecule has 5 heteroatoms. The predicted molar refractivity (Wildman–Crippen MR) is 81.7 cm³/mol. The first kappa shape index (κ1) is 14.7. The second kappa shape index (κ2) is 7.17. The summed E-state index contributed by atoms with van der Waals surface area (Å²) >= 11 is 7.57. The molecular weight excluding hydrogens is 280 g/mol. The molecule has 0 bridgehead atoms. The Labute approximate surface area is 123 Å². The van der Waals surface area contributed by atoms with Gasteiger partial charge in [-0.1, -0.05) is 23.7 Å². The Morgan fingerprint density at radius 1 is 1.42 bits per heavy atom. The molecule has 1 aromatic rings. The minimum absolute atomic E-state index is 0.239. The number of halogens is 1. The molecule has 0 saturated carbocycles. The molecule has 2 rings (SSSR count). The van der Waals surface area contributed by atoms with Gasteiger partial charge >= 0.3 is 0 Å². The van der Waals surface area contributed by atoms with Gasteiger partial charge in [0.05, 0.1) is 5.75 Å². The molecule has 0 aliphatic carbocycles. The highest BCUT2D eigenvalue weighted by Crippen LogP contribution is 2.32. The molecule has 0 radical (unpaired) electrons. The third kappa shape index (κ3) is 4.41. The van der Waals surface area contributed by atoms with Crippen LogP contribution in [0.2, 0.25) is 5.02 Å². The standard InChI is InChI=1S/C14H19ClN2OS/c15-12-3-1-10(2-4-12)13-5-6-17-7-11(13)8-19-9-14(16)18/h1-4,11,13,17H,5-9H2,(H2,16,18)/t11-,13-/m1/s1. The minimum Gasteiger partial charge on any atom is -0.369 e. The van der Waals surface area contributed by atoms with Gasteiger partial charge in [0.15, 0.2) is 0 Å². The normalized spacial score (nSPS) is 23.2. The van der Waals surface area contributed by atoms with Gasteiger partial charge in [0.25, 0.3) is 0 Å². The highest BCUT2D eigenvalue weighted by atomic mass is 35.5. The van der Waals surface area contributed by atoms with Crippen LogP contribution in [0.4, 0.5) is 0 Å². The number of rotatable bonds is 5. The van der Waals surface area contributed by atoms with E-state index < -0.39 is 0 Å². The molecule has 1 aliphatic heterocycles. The van der Waals surface area contributed by atoms with Crippen molar-refractivity contribution in [2.45, 2.75) is 12.3 Å². The molecule has 1 saturated heterocycles. The van der Waals surface area contributed by atoms with Crippen molar-refractivity contribution in [3.8, 4) is 0 Å². The number of benzene rings is 1. The molecule has 1 heterocycles. The van der Waals surface area contributed by atoms with E-state index in [4.69, 9.17) is 17.3 Å². The fourth-order valence-corrected chi connectivity index (χ4v) is 3.66. The number of thioether (sulfide) groups is 1. The van der Waals surface area contributed by atoms with Gasteiger partial charge in [0.1, 0.15) is 0 Å². The lowest BCUT2D eigenvalue weighted by atomic mass is 9.82. The topological polar surface area (TPSA) is 55.1 Å². The quantitative estimate of drug-likeness (QED) is 0.877. The first-order valence-corrected chi connectivity index (χ1v) is 8.02. The van der Waals surface area contributed by atoms with Gasteiger partial charge < -0.3 is 11.1 Å².